The highest BCUT2D eigenvalue weighted by molar-refractivity contribution is 5.94. The minimum absolute atomic E-state index is 0.113. The SMILES string of the molecule is O=C(c1ccc(-n2cccc2)cc1)N1CCC(Cn2c(COc3ccccc3)nc3ccccc32)CC1. The fourth-order valence-electron chi connectivity index (χ4n) is 5.15. The predicted octanol–water partition coefficient (Wildman–Crippen LogP) is 5.96. The highest BCUT2D eigenvalue weighted by Crippen LogP contribution is 2.25. The fraction of sp³-hybridized carbons (Fsp3) is 0.226. The van der Waals surface area contributed by atoms with Gasteiger partial charge in [-0.15, -0.1) is 0 Å². The maximum absolute atomic E-state index is 13.2. The first-order chi connectivity index (χ1) is 18.2. The summed E-state index contributed by atoms with van der Waals surface area (Å²) in [5, 5.41) is 0. The Balaban J connectivity index is 1.11. The van der Waals surface area contributed by atoms with Crippen LogP contribution in [-0.4, -0.2) is 38.0 Å². The summed E-state index contributed by atoms with van der Waals surface area (Å²) in [5.74, 6) is 2.37. The van der Waals surface area contributed by atoms with Crippen LogP contribution in [0.3, 0.4) is 0 Å². The molecule has 1 aliphatic heterocycles. The van der Waals surface area contributed by atoms with Crippen molar-refractivity contribution in [3.8, 4) is 11.4 Å². The molecule has 0 aliphatic carbocycles. The Morgan fingerprint density at radius 1 is 0.838 bits per heavy atom. The number of aromatic nitrogens is 3. The number of rotatable bonds is 7. The number of carbonyl (C=O) groups excluding carboxylic acids is 1. The Bertz CT molecular complexity index is 1470. The summed E-state index contributed by atoms with van der Waals surface area (Å²) >= 11 is 0. The van der Waals surface area contributed by atoms with Gasteiger partial charge in [0.05, 0.1) is 11.0 Å². The highest BCUT2D eigenvalue weighted by atomic mass is 16.5. The van der Waals surface area contributed by atoms with Crippen molar-refractivity contribution in [2.24, 2.45) is 5.92 Å². The summed E-state index contributed by atoms with van der Waals surface area (Å²) in [6, 6.07) is 30.0. The van der Waals surface area contributed by atoms with E-state index in [9.17, 15) is 4.79 Å². The Hall–Kier alpha value is -4.32. The van der Waals surface area contributed by atoms with Crippen molar-refractivity contribution in [2.45, 2.75) is 26.0 Å². The fourth-order valence-corrected chi connectivity index (χ4v) is 5.15. The van der Waals surface area contributed by atoms with Gasteiger partial charge in [0.2, 0.25) is 0 Å². The molecule has 0 atom stereocenters. The second kappa shape index (κ2) is 10.3. The lowest BCUT2D eigenvalue weighted by Gasteiger charge is -2.32. The zero-order valence-electron chi connectivity index (χ0n) is 20.7. The quantitative estimate of drug-likeness (QED) is 0.283. The number of amides is 1. The van der Waals surface area contributed by atoms with E-state index in [4.69, 9.17) is 9.72 Å². The molecule has 0 spiro atoms. The largest absolute Gasteiger partial charge is 0.486 e. The van der Waals surface area contributed by atoms with Gasteiger partial charge in [0, 0.05) is 43.3 Å². The van der Waals surface area contributed by atoms with E-state index in [0.29, 0.717) is 12.5 Å². The van der Waals surface area contributed by atoms with E-state index in [1.54, 1.807) is 0 Å². The molecule has 3 aromatic carbocycles. The number of fused-ring (bicyclic) bond motifs is 1. The maximum Gasteiger partial charge on any atom is 0.253 e. The molecule has 1 amide bonds. The molecule has 0 bridgehead atoms. The van der Waals surface area contributed by atoms with Crippen molar-refractivity contribution < 1.29 is 9.53 Å². The van der Waals surface area contributed by atoms with Crippen LogP contribution in [0.2, 0.25) is 0 Å². The van der Waals surface area contributed by atoms with Crippen molar-refractivity contribution in [1.82, 2.24) is 19.0 Å². The van der Waals surface area contributed by atoms with Gasteiger partial charge in [0.25, 0.3) is 5.91 Å². The van der Waals surface area contributed by atoms with Crippen molar-refractivity contribution >= 4 is 16.9 Å². The van der Waals surface area contributed by atoms with Crippen molar-refractivity contribution in [1.29, 1.82) is 0 Å². The van der Waals surface area contributed by atoms with Crippen LogP contribution in [0.15, 0.2) is 103 Å². The average Bonchev–Trinajstić information content (AvgIpc) is 3.62. The second-order valence-electron chi connectivity index (χ2n) is 9.60. The van der Waals surface area contributed by atoms with Crippen molar-refractivity contribution in [3.05, 3.63) is 115 Å². The molecular formula is C31H30N4O2. The predicted molar refractivity (Wildman–Crippen MR) is 145 cm³/mol. The molecule has 37 heavy (non-hydrogen) atoms. The lowest BCUT2D eigenvalue weighted by atomic mass is 9.96. The second-order valence-corrected chi connectivity index (χ2v) is 9.60. The third-order valence-electron chi connectivity index (χ3n) is 7.20. The Morgan fingerprint density at radius 2 is 1.54 bits per heavy atom. The number of hydrogen-bond donors (Lipinski definition) is 0. The molecule has 6 heteroatoms. The van der Waals surface area contributed by atoms with Gasteiger partial charge in [-0.2, -0.15) is 0 Å². The number of carbonyl (C=O) groups is 1. The molecule has 3 heterocycles. The minimum atomic E-state index is 0.113. The Labute approximate surface area is 216 Å². The van der Waals surface area contributed by atoms with Gasteiger partial charge in [-0.25, -0.2) is 4.98 Å². The van der Waals surface area contributed by atoms with E-state index in [1.165, 1.54) is 0 Å². The van der Waals surface area contributed by atoms with E-state index >= 15 is 0 Å². The maximum atomic E-state index is 13.2. The summed E-state index contributed by atoms with van der Waals surface area (Å²) in [5.41, 5.74) is 3.93. The van der Waals surface area contributed by atoms with Gasteiger partial charge < -0.3 is 18.8 Å². The number of ether oxygens (including phenoxy) is 1. The molecule has 0 radical (unpaired) electrons. The van der Waals surface area contributed by atoms with Crippen LogP contribution in [0, 0.1) is 5.92 Å². The first-order valence-corrected chi connectivity index (χ1v) is 12.9. The third-order valence-corrected chi connectivity index (χ3v) is 7.20. The van der Waals surface area contributed by atoms with Crippen molar-refractivity contribution in [3.63, 3.8) is 0 Å². The van der Waals surface area contributed by atoms with E-state index in [2.05, 4.69) is 22.8 Å². The van der Waals surface area contributed by atoms with Crippen LogP contribution >= 0.6 is 0 Å². The van der Waals surface area contributed by atoms with Gasteiger partial charge in [0.15, 0.2) is 0 Å². The molecule has 0 unspecified atom stereocenters. The van der Waals surface area contributed by atoms with Crippen LogP contribution in [0.1, 0.15) is 29.0 Å². The van der Waals surface area contributed by atoms with E-state index in [1.807, 2.05) is 94.7 Å². The first-order valence-electron chi connectivity index (χ1n) is 12.9. The normalized spacial score (nSPS) is 14.2. The average molecular weight is 491 g/mol. The van der Waals surface area contributed by atoms with Crippen LogP contribution in [0.25, 0.3) is 16.7 Å². The molecule has 5 aromatic rings. The summed E-state index contributed by atoms with van der Waals surface area (Å²) in [4.78, 5) is 20.0. The number of likely N-dealkylation sites (tertiary alicyclic amines) is 1. The van der Waals surface area contributed by atoms with Gasteiger partial charge in [0.1, 0.15) is 18.2 Å². The minimum Gasteiger partial charge on any atom is -0.486 e. The number of imidazole rings is 1. The van der Waals surface area contributed by atoms with Crippen LogP contribution < -0.4 is 4.74 Å². The van der Waals surface area contributed by atoms with Crippen LogP contribution in [0.4, 0.5) is 0 Å². The van der Waals surface area contributed by atoms with E-state index in [-0.39, 0.29) is 5.91 Å². The third kappa shape index (κ3) is 5.00. The first kappa shape index (κ1) is 23.1. The summed E-state index contributed by atoms with van der Waals surface area (Å²) in [6.07, 6.45) is 5.95. The van der Waals surface area contributed by atoms with Gasteiger partial charge >= 0.3 is 0 Å². The van der Waals surface area contributed by atoms with E-state index in [0.717, 1.165) is 66.3 Å². The molecule has 1 saturated heterocycles. The molecule has 1 aliphatic rings. The Kier molecular flexibility index (Phi) is 6.46. The van der Waals surface area contributed by atoms with Gasteiger partial charge in [-0.1, -0.05) is 30.3 Å². The monoisotopic (exact) mass is 490 g/mol. The summed E-state index contributed by atoms with van der Waals surface area (Å²) in [7, 11) is 0. The van der Waals surface area contributed by atoms with E-state index < -0.39 is 0 Å². The molecule has 0 saturated carbocycles. The number of benzene rings is 3. The van der Waals surface area contributed by atoms with Gasteiger partial charge in [-0.3, -0.25) is 4.79 Å². The smallest absolute Gasteiger partial charge is 0.253 e. The lowest BCUT2D eigenvalue weighted by Crippen LogP contribution is -2.39. The van der Waals surface area contributed by atoms with Crippen LogP contribution in [-0.2, 0) is 13.2 Å². The lowest BCUT2D eigenvalue weighted by molar-refractivity contribution is 0.0682. The Morgan fingerprint density at radius 3 is 2.30 bits per heavy atom. The number of piperidine rings is 1. The zero-order valence-corrected chi connectivity index (χ0v) is 20.7. The van der Waals surface area contributed by atoms with Gasteiger partial charge in [-0.05, 0) is 79.4 Å². The molecule has 186 valence electrons. The molecular weight excluding hydrogens is 460 g/mol. The topological polar surface area (TPSA) is 52.3 Å². The molecule has 1 fully saturated rings. The molecule has 6 rings (SSSR count). The standard InChI is InChI=1S/C31H30N4O2/c36-31(25-12-14-26(15-13-25)33-18-6-7-19-33)34-20-16-24(17-21-34)22-35-29-11-5-4-10-28(29)32-30(35)23-37-27-8-2-1-3-9-27/h1-15,18-19,24H,16-17,20-23H2. The highest BCUT2D eigenvalue weighted by Gasteiger charge is 2.25. The molecule has 0 N–H and O–H groups in total. The number of para-hydroxylation sites is 3. The number of hydrogen-bond acceptors (Lipinski definition) is 3. The molecule has 6 nitrogen and oxygen atoms in total. The van der Waals surface area contributed by atoms with Crippen molar-refractivity contribution in [2.75, 3.05) is 13.1 Å². The van der Waals surface area contributed by atoms with Crippen LogP contribution in [0.5, 0.6) is 5.75 Å². The zero-order chi connectivity index (χ0) is 25.0. The number of nitrogens with zero attached hydrogens (tertiary/aromatic N) is 4. The molecule has 2 aromatic heterocycles. The summed E-state index contributed by atoms with van der Waals surface area (Å²) < 4.78 is 10.4. The summed E-state index contributed by atoms with van der Waals surface area (Å²) in [6.45, 7) is 2.84.